The van der Waals surface area contributed by atoms with Gasteiger partial charge in [-0.2, -0.15) is 0 Å². The van der Waals surface area contributed by atoms with Crippen LogP contribution in [0.25, 0.3) is 0 Å². The summed E-state index contributed by atoms with van der Waals surface area (Å²) in [6.07, 6.45) is 6.04. The molecular weight excluding hydrogens is 214 g/mol. The molecule has 0 saturated heterocycles. The minimum Gasteiger partial charge on any atom is -0.494 e. The van der Waals surface area contributed by atoms with E-state index in [1.807, 2.05) is 0 Å². The van der Waals surface area contributed by atoms with Crippen molar-refractivity contribution in [1.29, 1.82) is 0 Å². The molecule has 1 unspecified atom stereocenters. The Morgan fingerprint density at radius 2 is 2.38 bits per heavy atom. The molecule has 0 bridgehead atoms. The molecule has 1 heterocycles. The first kappa shape index (κ1) is 11.9. The van der Waals surface area contributed by atoms with Gasteiger partial charge in [-0.15, -0.1) is 12.3 Å². The summed E-state index contributed by atoms with van der Waals surface area (Å²) in [6.45, 7) is 0.621. The van der Waals surface area contributed by atoms with Gasteiger partial charge in [0.2, 0.25) is 5.76 Å². The predicted octanol–water partition coefficient (Wildman–Crippen LogP) is -0.533. The SMILES string of the molecule is C#CCC(NC(=O)C1=COCCO1)C(=O)O. The lowest BCUT2D eigenvalue weighted by Crippen LogP contribution is -2.42. The third-order valence-electron chi connectivity index (χ3n) is 1.80. The topological polar surface area (TPSA) is 84.9 Å². The van der Waals surface area contributed by atoms with E-state index in [-0.39, 0.29) is 18.8 Å². The van der Waals surface area contributed by atoms with E-state index < -0.39 is 17.9 Å². The summed E-state index contributed by atoms with van der Waals surface area (Å²) in [7, 11) is 0. The molecule has 0 aliphatic carbocycles. The fraction of sp³-hybridized carbons (Fsp3) is 0.400. The second-order valence-corrected chi connectivity index (χ2v) is 2.97. The Morgan fingerprint density at radius 1 is 1.62 bits per heavy atom. The zero-order valence-electron chi connectivity index (χ0n) is 8.43. The van der Waals surface area contributed by atoms with Crippen molar-refractivity contribution in [2.24, 2.45) is 0 Å². The van der Waals surface area contributed by atoms with Crippen molar-refractivity contribution in [1.82, 2.24) is 5.32 Å². The van der Waals surface area contributed by atoms with Gasteiger partial charge in [0.05, 0.1) is 0 Å². The quantitative estimate of drug-likeness (QED) is 0.628. The number of hydrogen-bond acceptors (Lipinski definition) is 4. The highest BCUT2D eigenvalue weighted by molar-refractivity contribution is 5.94. The van der Waals surface area contributed by atoms with Crippen LogP contribution in [-0.2, 0) is 19.1 Å². The molecule has 0 radical (unpaired) electrons. The summed E-state index contributed by atoms with van der Waals surface area (Å²) in [5.74, 6) is 0.282. The summed E-state index contributed by atoms with van der Waals surface area (Å²) in [4.78, 5) is 22.2. The van der Waals surface area contributed by atoms with Crippen LogP contribution in [0, 0.1) is 12.3 Å². The molecule has 0 fully saturated rings. The number of nitrogens with one attached hydrogen (secondary N) is 1. The zero-order chi connectivity index (χ0) is 12.0. The maximum atomic E-state index is 11.5. The number of carboxylic acids is 1. The van der Waals surface area contributed by atoms with Crippen molar-refractivity contribution in [3.8, 4) is 12.3 Å². The minimum absolute atomic E-state index is 0.0467. The second kappa shape index (κ2) is 5.66. The van der Waals surface area contributed by atoms with E-state index in [9.17, 15) is 9.59 Å². The maximum absolute atomic E-state index is 11.5. The van der Waals surface area contributed by atoms with E-state index in [2.05, 4.69) is 11.2 Å². The lowest BCUT2D eigenvalue weighted by molar-refractivity contribution is -0.141. The summed E-state index contributed by atoms with van der Waals surface area (Å²) >= 11 is 0. The lowest BCUT2D eigenvalue weighted by Gasteiger charge is -2.17. The monoisotopic (exact) mass is 225 g/mol. The Hall–Kier alpha value is -2.16. The highest BCUT2D eigenvalue weighted by Crippen LogP contribution is 2.05. The van der Waals surface area contributed by atoms with Crippen molar-refractivity contribution < 1.29 is 24.2 Å². The summed E-state index contributed by atoms with van der Waals surface area (Å²) in [5.41, 5.74) is 0. The van der Waals surface area contributed by atoms with Crippen molar-refractivity contribution >= 4 is 11.9 Å². The molecule has 0 aromatic carbocycles. The summed E-state index contributed by atoms with van der Waals surface area (Å²) < 4.78 is 9.85. The van der Waals surface area contributed by atoms with Crippen molar-refractivity contribution in [2.75, 3.05) is 13.2 Å². The highest BCUT2D eigenvalue weighted by atomic mass is 16.6. The molecule has 16 heavy (non-hydrogen) atoms. The van der Waals surface area contributed by atoms with E-state index >= 15 is 0 Å². The van der Waals surface area contributed by atoms with Crippen LogP contribution < -0.4 is 5.32 Å². The van der Waals surface area contributed by atoms with E-state index in [0.29, 0.717) is 6.61 Å². The molecule has 2 N–H and O–H groups in total. The number of carboxylic acid groups (broad SMARTS) is 1. The average molecular weight is 225 g/mol. The molecule has 86 valence electrons. The van der Waals surface area contributed by atoms with Gasteiger partial charge in [0, 0.05) is 6.42 Å². The minimum atomic E-state index is -1.19. The van der Waals surface area contributed by atoms with Crippen LogP contribution in [0.3, 0.4) is 0 Å². The molecule has 0 spiro atoms. The molecule has 6 heteroatoms. The number of carbonyl (C=O) groups is 2. The molecule has 1 aliphatic heterocycles. The first-order valence-electron chi connectivity index (χ1n) is 4.57. The largest absolute Gasteiger partial charge is 0.494 e. The average Bonchev–Trinajstić information content (AvgIpc) is 2.29. The van der Waals surface area contributed by atoms with Crippen LogP contribution in [0.5, 0.6) is 0 Å². The first-order chi connectivity index (χ1) is 7.65. The normalized spacial score (nSPS) is 15.8. The van der Waals surface area contributed by atoms with Gasteiger partial charge in [-0.05, 0) is 0 Å². The van der Waals surface area contributed by atoms with Crippen LogP contribution >= 0.6 is 0 Å². The third kappa shape index (κ3) is 3.20. The fourth-order valence-electron chi connectivity index (χ4n) is 1.03. The number of carbonyl (C=O) groups excluding carboxylic acids is 1. The number of rotatable bonds is 4. The second-order valence-electron chi connectivity index (χ2n) is 2.97. The number of ether oxygens (including phenoxy) is 2. The molecule has 1 aliphatic rings. The van der Waals surface area contributed by atoms with Gasteiger partial charge in [-0.25, -0.2) is 4.79 Å². The van der Waals surface area contributed by atoms with Crippen LogP contribution in [0.15, 0.2) is 12.0 Å². The Kier molecular flexibility index (Phi) is 4.21. The van der Waals surface area contributed by atoms with E-state index in [0.717, 1.165) is 6.26 Å². The molecule has 0 aromatic heterocycles. The number of terminal acetylenes is 1. The fourth-order valence-corrected chi connectivity index (χ4v) is 1.03. The maximum Gasteiger partial charge on any atom is 0.327 e. The molecule has 1 atom stereocenters. The summed E-state index contributed by atoms with van der Waals surface area (Å²) in [6, 6.07) is -1.12. The Morgan fingerprint density at radius 3 is 2.88 bits per heavy atom. The molecule has 1 amide bonds. The molecule has 6 nitrogen and oxygen atoms in total. The van der Waals surface area contributed by atoms with Crippen LogP contribution in [-0.4, -0.2) is 36.2 Å². The number of hydrogen-bond donors (Lipinski definition) is 2. The number of aliphatic carboxylic acids is 1. The van der Waals surface area contributed by atoms with Gasteiger partial charge in [0.15, 0.2) is 0 Å². The molecule has 0 saturated carbocycles. The van der Waals surface area contributed by atoms with Crippen LogP contribution in [0.2, 0.25) is 0 Å². The molecule has 0 aromatic rings. The standard InChI is InChI=1S/C10H11NO5/c1-2-3-7(10(13)14)11-9(12)8-6-15-4-5-16-8/h1,6-7H,3-5H2,(H,11,12)(H,13,14). The van der Waals surface area contributed by atoms with E-state index in [4.69, 9.17) is 21.0 Å². The molecular formula is C10H11NO5. The Labute approximate surface area is 92.2 Å². The van der Waals surface area contributed by atoms with Crippen LogP contribution in [0.4, 0.5) is 0 Å². The summed E-state index contributed by atoms with van der Waals surface area (Å²) in [5, 5.41) is 11.0. The Balaban J connectivity index is 2.57. The van der Waals surface area contributed by atoms with Gasteiger partial charge in [0.1, 0.15) is 25.5 Å². The van der Waals surface area contributed by atoms with Crippen molar-refractivity contribution in [3.63, 3.8) is 0 Å². The zero-order valence-corrected chi connectivity index (χ0v) is 8.43. The van der Waals surface area contributed by atoms with Crippen molar-refractivity contribution in [2.45, 2.75) is 12.5 Å². The van der Waals surface area contributed by atoms with Gasteiger partial charge in [-0.3, -0.25) is 4.79 Å². The lowest BCUT2D eigenvalue weighted by atomic mass is 10.2. The highest BCUT2D eigenvalue weighted by Gasteiger charge is 2.22. The smallest absolute Gasteiger partial charge is 0.327 e. The van der Waals surface area contributed by atoms with Gasteiger partial charge < -0.3 is 19.9 Å². The van der Waals surface area contributed by atoms with Crippen molar-refractivity contribution in [3.05, 3.63) is 12.0 Å². The van der Waals surface area contributed by atoms with Gasteiger partial charge in [-0.1, -0.05) is 0 Å². The third-order valence-corrected chi connectivity index (χ3v) is 1.80. The van der Waals surface area contributed by atoms with E-state index in [1.165, 1.54) is 0 Å². The first-order valence-corrected chi connectivity index (χ1v) is 4.57. The molecule has 1 rings (SSSR count). The van der Waals surface area contributed by atoms with Crippen LogP contribution in [0.1, 0.15) is 6.42 Å². The van der Waals surface area contributed by atoms with Gasteiger partial charge >= 0.3 is 5.97 Å². The van der Waals surface area contributed by atoms with Gasteiger partial charge in [0.25, 0.3) is 5.91 Å². The van der Waals surface area contributed by atoms with E-state index in [1.54, 1.807) is 0 Å². The predicted molar refractivity (Wildman–Crippen MR) is 53.0 cm³/mol. The number of amides is 1. The Bertz CT molecular complexity index is 355.